The van der Waals surface area contributed by atoms with Gasteiger partial charge in [-0.3, -0.25) is 0 Å². The summed E-state index contributed by atoms with van der Waals surface area (Å²) in [6.45, 7) is 4.28. The number of para-hydroxylation sites is 1. The number of allylic oxidation sites excluding steroid dienone is 1. The Kier molecular flexibility index (Phi) is 5.52. The lowest BCUT2D eigenvalue weighted by Crippen LogP contribution is -2.09. The van der Waals surface area contributed by atoms with Gasteiger partial charge in [-0.15, -0.1) is 0 Å². The summed E-state index contributed by atoms with van der Waals surface area (Å²) in [6, 6.07) is 10.1. The smallest absolute Gasteiger partial charge is 0.0648 e. The minimum atomic E-state index is 0.701. The molecule has 2 nitrogen and oxygen atoms in total. The van der Waals surface area contributed by atoms with Crippen molar-refractivity contribution < 1.29 is 4.74 Å². The van der Waals surface area contributed by atoms with Gasteiger partial charge in [0.2, 0.25) is 0 Å². The lowest BCUT2D eigenvalue weighted by atomic mass is 10.3. The molecule has 1 aromatic carbocycles. The maximum Gasteiger partial charge on any atom is 0.0648 e. The van der Waals surface area contributed by atoms with Crippen LogP contribution in [-0.2, 0) is 4.74 Å². The van der Waals surface area contributed by atoms with E-state index in [2.05, 4.69) is 5.32 Å². The van der Waals surface area contributed by atoms with E-state index in [0.29, 0.717) is 6.61 Å². The highest BCUT2D eigenvalue weighted by Gasteiger charge is 1.88. The van der Waals surface area contributed by atoms with Crippen LogP contribution in [0.5, 0.6) is 0 Å². The van der Waals surface area contributed by atoms with Crippen LogP contribution in [0.2, 0.25) is 0 Å². The Labute approximate surface area is 85.6 Å². The van der Waals surface area contributed by atoms with Gasteiger partial charge in [0.25, 0.3) is 0 Å². The van der Waals surface area contributed by atoms with Crippen molar-refractivity contribution in [3.8, 4) is 0 Å². The third kappa shape index (κ3) is 4.67. The fourth-order valence-electron chi connectivity index (χ4n) is 1.07. The summed E-state index contributed by atoms with van der Waals surface area (Å²) in [6.07, 6.45) is 3.99. The summed E-state index contributed by atoms with van der Waals surface area (Å²) in [5, 5.41) is 3.27. The van der Waals surface area contributed by atoms with E-state index in [1.807, 2.05) is 49.4 Å². The molecule has 0 amide bonds. The Morgan fingerprint density at radius 1 is 1.29 bits per heavy atom. The summed E-state index contributed by atoms with van der Waals surface area (Å²) in [7, 11) is 0. The zero-order valence-corrected chi connectivity index (χ0v) is 8.57. The van der Waals surface area contributed by atoms with Gasteiger partial charge in [0.05, 0.1) is 13.2 Å². The van der Waals surface area contributed by atoms with Crippen molar-refractivity contribution in [2.45, 2.75) is 6.92 Å². The van der Waals surface area contributed by atoms with Crippen LogP contribution in [0.4, 0.5) is 5.69 Å². The minimum absolute atomic E-state index is 0.701. The average molecular weight is 191 g/mol. The quantitative estimate of drug-likeness (QED) is 0.551. The standard InChI is InChI=1S/C12H17NO/c1-2-3-10-14-11-9-13-12-7-5-4-6-8-12/h2-8,13H,9-11H2,1H3. The average Bonchev–Trinajstić information content (AvgIpc) is 2.25. The number of benzene rings is 1. The van der Waals surface area contributed by atoms with Crippen LogP contribution >= 0.6 is 0 Å². The summed E-state index contributed by atoms with van der Waals surface area (Å²) < 4.78 is 5.35. The monoisotopic (exact) mass is 191 g/mol. The number of ether oxygens (including phenoxy) is 1. The Morgan fingerprint density at radius 3 is 2.79 bits per heavy atom. The summed E-state index contributed by atoms with van der Waals surface area (Å²) in [5.74, 6) is 0. The van der Waals surface area contributed by atoms with E-state index in [1.54, 1.807) is 0 Å². The van der Waals surface area contributed by atoms with E-state index in [4.69, 9.17) is 4.74 Å². The first-order chi connectivity index (χ1) is 6.93. The molecular weight excluding hydrogens is 174 g/mol. The highest BCUT2D eigenvalue weighted by atomic mass is 16.5. The second-order valence-corrected chi connectivity index (χ2v) is 2.94. The third-order valence-corrected chi connectivity index (χ3v) is 1.80. The fraction of sp³-hybridized carbons (Fsp3) is 0.333. The van der Waals surface area contributed by atoms with Crippen molar-refractivity contribution in [2.24, 2.45) is 0 Å². The molecule has 1 N–H and O–H groups in total. The third-order valence-electron chi connectivity index (χ3n) is 1.80. The molecule has 0 saturated carbocycles. The highest BCUT2D eigenvalue weighted by Crippen LogP contribution is 2.03. The van der Waals surface area contributed by atoms with Crippen LogP contribution in [-0.4, -0.2) is 19.8 Å². The molecular formula is C12H17NO. The van der Waals surface area contributed by atoms with E-state index in [1.165, 1.54) is 0 Å². The molecule has 0 unspecified atom stereocenters. The molecule has 0 saturated heterocycles. The number of anilines is 1. The van der Waals surface area contributed by atoms with Gasteiger partial charge in [-0.05, 0) is 19.1 Å². The highest BCUT2D eigenvalue weighted by molar-refractivity contribution is 5.42. The van der Waals surface area contributed by atoms with Gasteiger partial charge in [0.15, 0.2) is 0 Å². The zero-order valence-electron chi connectivity index (χ0n) is 8.57. The molecule has 0 aromatic heterocycles. The maximum absolute atomic E-state index is 5.35. The van der Waals surface area contributed by atoms with Gasteiger partial charge in [-0.1, -0.05) is 30.4 Å². The second-order valence-electron chi connectivity index (χ2n) is 2.94. The normalized spacial score (nSPS) is 10.6. The molecule has 0 fully saturated rings. The van der Waals surface area contributed by atoms with Crippen LogP contribution in [0, 0.1) is 0 Å². The number of hydrogen-bond donors (Lipinski definition) is 1. The molecule has 0 bridgehead atoms. The summed E-state index contributed by atoms with van der Waals surface area (Å²) in [5.41, 5.74) is 1.14. The molecule has 2 heteroatoms. The largest absolute Gasteiger partial charge is 0.383 e. The van der Waals surface area contributed by atoms with E-state index in [9.17, 15) is 0 Å². The van der Waals surface area contributed by atoms with Crippen molar-refractivity contribution in [1.82, 2.24) is 0 Å². The van der Waals surface area contributed by atoms with Crippen LogP contribution in [0.3, 0.4) is 0 Å². The predicted molar refractivity (Wildman–Crippen MR) is 60.6 cm³/mol. The summed E-state index contributed by atoms with van der Waals surface area (Å²) >= 11 is 0. The number of rotatable bonds is 6. The van der Waals surface area contributed by atoms with Crippen molar-refractivity contribution in [2.75, 3.05) is 25.1 Å². The molecule has 1 rings (SSSR count). The lowest BCUT2D eigenvalue weighted by molar-refractivity contribution is 0.173. The number of hydrogen-bond acceptors (Lipinski definition) is 2. The molecule has 0 aliphatic heterocycles. The molecule has 0 spiro atoms. The molecule has 0 radical (unpaired) electrons. The molecule has 0 heterocycles. The van der Waals surface area contributed by atoms with Crippen molar-refractivity contribution >= 4 is 5.69 Å². The zero-order chi connectivity index (χ0) is 10.1. The van der Waals surface area contributed by atoms with Gasteiger partial charge >= 0.3 is 0 Å². The first kappa shape index (κ1) is 10.8. The summed E-state index contributed by atoms with van der Waals surface area (Å²) in [4.78, 5) is 0. The first-order valence-electron chi connectivity index (χ1n) is 4.91. The van der Waals surface area contributed by atoms with Gasteiger partial charge < -0.3 is 10.1 Å². The Balaban J connectivity index is 2.05. The lowest BCUT2D eigenvalue weighted by Gasteiger charge is -2.05. The van der Waals surface area contributed by atoms with Gasteiger partial charge in [-0.2, -0.15) is 0 Å². The number of nitrogens with one attached hydrogen (secondary N) is 1. The molecule has 0 aliphatic carbocycles. The Morgan fingerprint density at radius 2 is 2.07 bits per heavy atom. The Hall–Kier alpha value is -1.28. The Bertz CT molecular complexity index is 256. The van der Waals surface area contributed by atoms with Gasteiger partial charge in [-0.25, -0.2) is 0 Å². The van der Waals surface area contributed by atoms with Crippen molar-refractivity contribution in [1.29, 1.82) is 0 Å². The van der Waals surface area contributed by atoms with Crippen molar-refractivity contribution in [3.63, 3.8) is 0 Å². The molecule has 0 aliphatic rings. The molecule has 76 valence electrons. The van der Waals surface area contributed by atoms with E-state index in [0.717, 1.165) is 18.8 Å². The SMILES string of the molecule is CC=CCOCCNc1ccccc1. The minimum Gasteiger partial charge on any atom is -0.383 e. The first-order valence-corrected chi connectivity index (χ1v) is 4.91. The van der Waals surface area contributed by atoms with E-state index < -0.39 is 0 Å². The van der Waals surface area contributed by atoms with Gasteiger partial charge in [0, 0.05) is 12.2 Å². The van der Waals surface area contributed by atoms with Crippen molar-refractivity contribution in [3.05, 3.63) is 42.5 Å². The van der Waals surface area contributed by atoms with E-state index in [-0.39, 0.29) is 0 Å². The van der Waals surface area contributed by atoms with Crippen LogP contribution in [0.1, 0.15) is 6.92 Å². The predicted octanol–water partition coefficient (Wildman–Crippen LogP) is 2.69. The molecule has 1 aromatic rings. The fourth-order valence-corrected chi connectivity index (χ4v) is 1.07. The second kappa shape index (κ2) is 7.15. The van der Waals surface area contributed by atoms with Gasteiger partial charge in [0.1, 0.15) is 0 Å². The molecule has 14 heavy (non-hydrogen) atoms. The van der Waals surface area contributed by atoms with Crippen LogP contribution < -0.4 is 5.32 Å². The van der Waals surface area contributed by atoms with E-state index >= 15 is 0 Å². The van der Waals surface area contributed by atoms with Crippen LogP contribution in [0.25, 0.3) is 0 Å². The van der Waals surface area contributed by atoms with Crippen LogP contribution in [0.15, 0.2) is 42.5 Å². The maximum atomic E-state index is 5.35. The molecule has 0 atom stereocenters. The topological polar surface area (TPSA) is 21.3 Å².